The number of aromatic nitrogens is 2. The van der Waals surface area contributed by atoms with Gasteiger partial charge in [-0.05, 0) is 19.0 Å². The maximum atomic E-state index is 6.11. The number of imidazole rings is 1. The van der Waals surface area contributed by atoms with Gasteiger partial charge in [0.1, 0.15) is 6.23 Å². The predicted octanol–water partition coefficient (Wildman–Crippen LogP) is 1.80. The first-order chi connectivity index (χ1) is 10.3. The number of ether oxygens (including phenoxy) is 2. The largest absolute Gasteiger partial charge is 0.344 e. The van der Waals surface area contributed by atoms with Gasteiger partial charge in [-0.2, -0.15) is 0 Å². The van der Waals surface area contributed by atoms with Crippen LogP contribution in [0, 0.1) is 0 Å². The summed E-state index contributed by atoms with van der Waals surface area (Å²) < 4.78 is 14.1. The quantitative estimate of drug-likeness (QED) is 0.880. The summed E-state index contributed by atoms with van der Waals surface area (Å²) in [6, 6.07) is 10.4. The van der Waals surface area contributed by atoms with Gasteiger partial charge in [0.25, 0.3) is 0 Å². The minimum atomic E-state index is -0.593. The molecular weight excluding hydrogens is 266 g/mol. The zero-order valence-electron chi connectivity index (χ0n) is 12.2. The van der Waals surface area contributed by atoms with Crippen LogP contribution in [0.15, 0.2) is 49.1 Å². The molecule has 2 atom stereocenters. The van der Waals surface area contributed by atoms with Gasteiger partial charge in [-0.3, -0.25) is 5.32 Å². The summed E-state index contributed by atoms with van der Waals surface area (Å²) in [6.45, 7) is 1.22. The molecule has 21 heavy (non-hydrogen) atoms. The molecule has 0 aliphatic carbocycles. The van der Waals surface area contributed by atoms with Crippen LogP contribution in [0.25, 0.3) is 0 Å². The van der Waals surface area contributed by atoms with Gasteiger partial charge < -0.3 is 14.0 Å². The van der Waals surface area contributed by atoms with Crippen LogP contribution in [0.5, 0.6) is 0 Å². The van der Waals surface area contributed by atoms with E-state index < -0.39 is 5.79 Å². The Balaban J connectivity index is 1.70. The van der Waals surface area contributed by atoms with E-state index in [-0.39, 0.29) is 6.23 Å². The molecule has 2 heterocycles. The molecule has 0 spiro atoms. The van der Waals surface area contributed by atoms with E-state index in [1.807, 2.05) is 23.9 Å². The molecule has 5 heteroatoms. The highest BCUT2D eigenvalue weighted by molar-refractivity contribution is 5.15. The Labute approximate surface area is 124 Å². The molecule has 1 aliphatic rings. The van der Waals surface area contributed by atoms with Crippen molar-refractivity contribution in [2.45, 2.75) is 31.4 Å². The van der Waals surface area contributed by atoms with Crippen molar-refractivity contribution in [3.05, 3.63) is 54.6 Å². The average molecular weight is 287 g/mol. The third-order valence-electron chi connectivity index (χ3n) is 3.80. The Morgan fingerprint density at radius 1 is 1.38 bits per heavy atom. The highest BCUT2D eigenvalue weighted by Crippen LogP contribution is 2.29. The first-order valence-electron chi connectivity index (χ1n) is 7.28. The number of likely N-dealkylation sites (N-methyl/N-ethyl adjacent to an activating group) is 1. The van der Waals surface area contributed by atoms with E-state index >= 15 is 0 Å². The molecule has 0 saturated carbocycles. The Bertz CT molecular complexity index is 544. The second-order valence-corrected chi connectivity index (χ2v) is 5.34. The lowest BCUT2D eigenvalue weighted by Gasteiger charge is -2.28. The lowest BCUT2D eigenvalue weighted by molar-refractivity contribution is -0.184. The number of nitrogens with one attached hydrogen (secondary N) is 1. The van der Waals surface area contributed by atoms with Gasteiger partial charge in [0.05, 0.1) is 19.5 Å². The summed E-state index contributed by atoms with van der Waals surface area (Å²) in [5.41, 5.74) is 1.29. The van der Waals surface area contributed by atoms with Crippen LogP contribution < -0.4 is 5.32 Å². The Morgan fingerprint density at radius 3 is 2.90 bits per heavy atom. The monoisotopic (exact) mass is 287 g/mol. The maximum Gasteiger partial charge on any atom is 0.188 e. The molecule has 1 fully saturated rings. The molecule has 0 amide bonds. The topological polar surface area (TPSA) is 48.3 Å². The minimum Gasteiger partial charge on any atom is -0.344 e. The summed E-state index contributed by atoms with van der Waals surface area (Å²) in [4.78, 5) is 4.09. The molecule has 1 aliphatic heterocycles. The van der Waals surface area contributed by atoms with E-state index in [1.54, 1.807) is 12.5 Å². The highest BCUT2D eigenvalue weighted by Gasteiger charge is 2.41. The van der Waals surface area contributed by atoms with Gasteiger partial charge in [-0.1, -0.05) is 30.3 Å². The van der Waals surface area contributed by atoms with Crippen molar-refractivity contribution in [1.29, 1.82) is 0 Å². The van der Waals surface area contributed by atoms with E-state index in [1.165, 1.54) is 5.56 Å². The highest BCUT2D eigenvalue weighted by atomic mass is 16.8. The molecule has 112 valence electrons. The molecule has 1 N–H and O–H groups in total. The zero-order chi connectivity index (χ0) is 14.5. The smallest absolute Gasteiger partial charge is 0.188 e. The fraction of sp³-hybridized carbons (Fsp3) is 0.438. The summed E-state index contributed by atoms with van der Waals surface area (Å²) in [5, 5.41) is 3.12. The minimum absolute atomic E-state index is 0.0516. The first-order valence-corrected chi connectivity index (χ1v) is 7.28. The van der Waals surface area contributed by atoms with Crippen LogP contribution in [-0.2, 0) is 22.4 Å². The molecule has 2 unspecified atom stereocenters. The molecule has 1 aromatic carbocycles. The Morgan fingerprint density at radius 2 is 2.24 bits per heavy atom. The third-order valence-corrected chi connectivity index (χ3v) is 3.80. The molecule has 1 saturated heterocycles. The average Bonchev–Trinajstić information content (AvgIpc) is 3.17. The predicted molar refractivity (Wildman–Crippen MR) is 79.6 cm³/mol. The summed E-state index contributed by atoms with van der Waals surface area (Å²) >= 11 is 0. The van der Waals surface area contributed by atoms with E-state index in [2.05, 4.69) is 34.6 Å². The van der Waals surface area contributed by atoms with Gasteiger partial charge in [0.15, 0.2) is 5.79 Å². The molecule has 1 aromatic heterocycles. The van der Waals surface area contributed by atoms with Crippen LogP contribution >= 0.6 is 0 Å². The molecule has 2 aromatic rings. The molecular formula is C16H21N3O2. The number of benzene rings is 1. The molecule has 3 rings (SSSR count). The number of hydrogen-bond donors (Lipinski definition) is 1. The van der Waals surface area contributed by atoms with Crippen LogP contribution in [0.2, 0.25) is 0 Å². The van der Waals surface area contributed by atoms with Crippen molar-refractivity contribution in [3.8, 4) is 0 Å². The summed E-state index contributed by atoms with van der Waals surface area (Å²) in [6.07, 6.45) is 7.19. The first kappa shape index (κ1) is 14.3. The van der Waals surface area contributed by atoms with Crippen molar-refractivity contribution < 1.29 is 9.47 Å². The van der Waals surface area contributed by atoms with Crippen molar-refractivity contribution in [2.75, 3.05) is 13.7 Å². The van der Waals surface area contributed by atoms with Crippen LogP contribution in [-0.4, -0.2) is 35.2 Å². The molecule has 0 bridgehead atoms. The van der Waals surface area contributed by atoms with Crippen molar-refractivity contribution in [2.24, 2.45) is 0 Å². The van der Waals surface area contributed by atoms with Gasteiger partial charge >= 0.3 is 0 Å². The maximum absolute atomic E-state index is 6.11. The van der Waals surface area contributed by atoms with Crippen LogP contribution in [0.3, 0.4) is 0 Å². The van der Waals surface area contributed by atoms with Crippen molar-refractivity contribution in [3.63, 3.8) is 0 Å². The fourth-order valence-corrected chi connectivity index (χ4v) is 2.63. The number of hydrogen-bond acceptors (Lipinski definition) is 4. The van der Waals surface area contributed by atoms with E-state index in [0.29, 0.717) is 13.2 Å². The van der Waals surface area contributed by atoms with Crippen LogP contribution in [0.4, 0.5) is 0 Å². The number of aryl methyl sites for hydroxylation is 1. The van der Waals surface area contributed by atoms with Crippen molar-refractivity contribution >= 4 is 0 Å². The van der Waals surface area contributed by atoms with E-state index in [4.69, 9.17) is 9.47 Å². The van der Waals surface area contributed by atoms with Crippen LogP contribution in [0.1, 0.15) is 12.0 Å². The zero-order valence-corrected chi connectivity index (χ0v) is 12.2. The number of rotatable bonds is 6. The number of nitrogens with zero attached hydrogens (tertiary/aromatic N) is 2. The second-order valence-electron chi connectivity index (χ2n) is 5.34. The second kappa shape index (κ2) is 6.39. The van der Waals surface area contributed by atoms with Gasteiger partial charge in [0, 0.05) is 18.8 Å². The van der Waals surface area contributed by atoms with Crippen molar-refractivity contribution in [1.82, 2.24) is 14.9 Å². The lowest BCUT2D eigenvalue weighted by atomic mass is 10.0. The Hall–Kier alpha value is -1.69. The fourth-order valence-electron chi connectivity index (χ4n) is 2.63. The standard InChI is InChI=1S/C16H21N3O2/c1-17-15-11-20-16(21-15,12-19-10-9-18-13-19)8-7-14-5-3-2-4-6-14/h2-6,9-10,13,15,17H,7-8,11-12H2,1H3. The van der Waals surface area contributed by atoms with Gasteiger partial charge in [-0.25, -0.2) is 4.98 Å². The van der Waals surface area contributed by atoms with Gasteiger partial charge in [0.2, 0.25) is 0 Å². The van der Waals surface area contributed by atoms with E-state index in [9.17, 15) is 0 Å². The SMILES string of the molecule is CNC1COC(CCc2ccccc2)(Cn2ccnc2)O1. The molecule has 0 radical (unpaired) electrons. The van der Waals surface area contributed by atoms with E-state index in [0.717, 1.165) is 12.8 Å². The summed E-state index contributed by atoms with van der Waals surface area (Å²) in [7, 11) is 1.89. The summed E-state index contributed by atoms with van der Waals surface area (Å²) in [5.74, 6) is -0.593. The normalized spacial score (nSPS) is 25.3. The molecule has 5 nitrogen and oxygen atoms in total. The lowest BCUT2D eigenvalue weighted by Crippen LogP contribution is -2.38. The van der Waals surface area contributed by atoms with Gasteiger partial charge in [-0.15, -0.1) is 0 Å². The Kier molecular flexibility index (Phi) is 4.34. The third kappa shape index (κ3) is 3.50.